The number of allylic oxidation sites excluding steroid dienone is 1. The van der Waals surface area contributed by atoms with Crippen molar-refractivity contribution < 1.29 is 24.2 Å². The largest absolute Gasteiger partial charge is 0.465 e. The van der Waals surface area contributed by atoms with E-state index in [-0.39, 0.29) is 11.8 Å². The van der Waals surface area contributed by atoms with E-state index >= 15 is 0 Å². The topological polar surface area (TPSA) is 88.1 Å². The van der Waals surface area contributed by atoms with E-state index in [4.69, 9.17) is 9.47 Å². The smallest absolute Gasteiger partial charge is 0.409 e. The predicted molar refractivity (Wildman–Crippen MR) is 95.3 cm³/mol. The second-order valence-electron chi connectivity index (χ2n) is 6.74. The molecule has 0 spiro atoms. The first-order valence-corrected chi connectivity index (χ1v) is 8.74. The maximum absolute atomic E-state index is 12.0. The van der Waals surface area contributed by atoms with Crippen LogP contribution in [0, 0.1) is 5.92 Å². The number of nitrogens with one attached hydrogen (secondary N) is 1. The van der Waals surface area contributed by atoms with E-state index < -0.39 is 30.0 Å². The van der Waals surface area contributed by atoms with Crippen LogP contribution >= 0.6 is 0 Å². The Kier molecular flexibility index (Phi) is 7.89. The van der Waals surface area contributed by atoms with Crippen molar-refractivity contribution in [3.8, 4) is 0 Å². The molecule has 25 heavy (non-hydrogen) atoms. The Labute approximate surface area is 150 Å². The van der Waals surface area contributed by atoms with Crippen LogP contribution < -0.4 is 5.32 Å². The van der Waals surface area contributed by atoms with Crippen LogP contribution in [0.4, 0.5) is 4.79 Å². The highest BCUT2D eigenvalue weighted by molar-refractivity contribution is 5.74. The summed E-state index contributed by atoms with van der Waals surface area (Å²) in [4.78, 5) is 25.2. The van der Waals surface area contributed by atoms with Crippen LogP contribution in [0.15, 0.2) is 12.2 Å². The van der Waals surface area contributed by atoms with Crippen molar-refractivity contribution in [2.45, 2.75) is 70.9 Å². The van der Waals surface area contributed by atoms with E-state index in [1.54, 1.807) is 7.11 Å². The summed E-state index contributed by atoms with van der Waals surface area (Å²) >= 11 is 0. The molecule has 1 aliphatic rings. The van der Waals surface area contributed by atoms with Gasteiger partial charge in [0.25, 0.3) is 0 Å². The molecule has 0 bridgehead atoms. The fourth-order valence-electron chi connectivity index (χ4n) is 3.89. The van der Waals surface area contributed by atoms with Gasteiger partial charge in [0.15, 0.2) is 0 Å². The average molecular weight is 356 g/mol. The summed E-state index contributed by atoms with van der Waals surface area (Å²) in [5.74, 6) is -0.288. The minimum atomic E-state index is -1.06. The fraction of sp³-hybridized carbons (Fsp3) is 0.778. The molecule has 7 nitrogen and oxygen atoms in total. The number of carbonyl (C=O) groups excluding carboxylic acids is 1. The standard InChI is InChI=1S/C18H32N2O5/c1-7-9-13-11-14(24-5)20(17(22)23)15(13)16(19-12(3)21)18(4,25-6)10-8-2/h7,9,13-16H,8,10-11H2,1-6H3,(H,19,21)(H,22,23)/b9-7-/t13-,14?,15-,16-,18+/m1/s1. The number of amides is 2. The molecule has 0 radical (unpaired) electrons. The molecule has 0 aromatic carbocycles. The lowest BCUT2D eigenvalue weighted by atomic mass is 9.81. The second-order valence-corrected chi connectivity index (χ2v) is 6.74. The molecule has 1 heterocycles. The molecular formula is C18H32N2O5. The normalized spacial score (nSPS) is 27.3. The van der Waals surface area contributed by atoms with Gasteiger partial charge in [-0.05, 0) is 20.3 Å². The lowest BCUT2D eigenvalue weighted by Crippen LogP contribution is -2.63. The van der Waals surface area contributed by atoms with Crippen LogP contribution in [0.1, 0.15) is 47.0 Å². The van der Waals surface area contributed by atoms with Crippen molar-refractivity contribution >= 4 is 12.0 Å². The zero-order valence-corrected chi connectivity index (χ0v) is 16.1. The van der Waals surface area contributed by atoms with E-state index in [1.807, 2.05) is 32.9 Å². The zero-order chi connectivity index (χ0) is 19.2. The van der Waals surface area contributed by atoms with Gasteiger partial charge in [0.1, 0.15) is 6.23 Å². The van der Waals surface area contributed by atoms with E-state index in [0.29, 0.717) is 12.8 Å². The first kappa shape index (κ1) is 21.4. The van der Waals surface area contributed by atoms with E-state index in [1.165, 1.54) is 18.9 Å². The molecule has 1 aliphatic heterocycles. The van der Waals surface area contributed by atoms with Crippen molar-refractivity contribution in [1.82, 2.24) is 10.2 Å². The van der Waals surface area contributed by atoms with Gasteiger partial charge >= 0.3 is 6.09 Å². The van der Waals surface area contributed by atoms with E-state index in [9.17, 15) is 14.7 Å². The SMILES string of the molecule is C/C=C\[C@@H]1CC(OC)N(C(=O)O)[C@H]1[C@@H](NC(C)=O)[C@](C)(CCC)OC. The number of hydrogen-bond donors (Lipinski definition) is 2. The third-order valence-corrected chi connectivity index (χ3v) is 5.05. The Morgan fingerprint density at radius 1 is 1.44 bits per heavy atom. The number of carbonyl (C=O) groups is 2. The lowest BCUT2D eigenvalue weighted by Gasteiger charge is -2.44. The van der Waals surface area contributed by atoms with Crippen molar-refractivity contribution in [2.75, 3.05) is 14.2 Å². The van der Waals surface area contributed by atoms with Gasteiger partial charge < -0.3 is 19.9 Å². The van der Waals surface area contributed by atoms with Gasteiger partial charge in [-0.15, -0.1) is 0 Å². The van der Waals surface area contributed by atoms with Crippen molar-refractivity contribution in [2.24, 2.45) is 5.92 Å². The van der Waals surface area contributed by atoms with Gasteiger partial charge in [-0.25, -0.2) is 4.79 Å². The number of nitrogens with zero attached hydrogens (tertiary/aromatic N) is 1. The van der Waals surface area contributed by atoms with E-state index in [0.717, 1.165) is 6.42 Å². The molecule has 144 valence electrons. The Morgan fingerprint density at radius 2 is 2.08 bits per heavy atom. The molecule has 2 N–H and O–H groups in total. The summed E-state index contributed by atoms with van der Waals surface area (Å²) in [6, 6.07) is -0.966. The summed E-state index contributed by atoms with van der Waals surface area (Å²) in [7, 11) is 3.10. The van der Waals surface area contributed by atoms with Gasteiger partial charge in [-0.3, -0.25) is 9.69 Å². The first-order valence-electron chi connectivity index (χ1n) is 8.74. The van der Waals surface area contributed by atoms with Gasteiger partial charge in [0.2, 0.25) is 5.91 Å². The number of ether oxygens (including phenoxy) is 2. The van der Waals surface area contributed by atoms with Crippen LogP contribution in [0.25, 0.3) is 0 Å². The van der Waals surface area contributed by atoms with Crippen LogP contribution in [0.3, 0.4) is 0 Å². The number of hydrogen-bond acceptors (Lipinski definition) is 4. The number of carboxylic acid groups (broad SMARTS) is 1. The third kappa shape index (κ3) is 4.73. The van der Waals surface area contributed by atoms with Crippen LogP contribution in [0.5, 0.6) is 0 Å². The average Bonchev–Trinajstić information content (AvgIpc) is 2.91. The fourth-order valence-corrected chi connectivity index (χ4v) is 3.89. The molecule has 5 atom stereocenters. The third-order valence-electron chi connectivity index (χ3n) is 5.05. The summed E-state index contributed by atoms with van der Waals surface area (Å²) in [5.41, 5.74) is -0.693. The Balaban J connectivity index is 3.42. The molecule has 1 rings (SSSR count). The molecule has 1 unspecified atom stereocenters. The molecule has 0 aromatic rings. The maximum Gasteiger partial charge on any atom is 0.409 e. The number of methoxy groups -OCH3 is 2. The Hall–Kier alpha value is -1.60. The Bertz CT molecular complexity index is 496. The number of likely N-dealkylation sites (tertiary alicyclic amines) is 1. The summed E-state index contributed by atoms with van der Waals surface area (Å²) < 4.78 is 11.2. The summed E-state index contributed by atoms with van der Waals surface area (Å²) in [5, 5.41) is 12.7. The van der Waals surface area contributed by atoms with Crippen LogP contribution in [0.2, 0.25) is 0 Å². The van der Waals surface area contributed by atoms with Gasteiger partial charge in [-0.1, -0.05) is 25.5 Å². The maximum atomic E-state index is 12.0. The first-order chi connectivity index (χ1) is 11.7. The molecule has 2 amide bonds. The number of rotatable bonds is 8. The van der Waals surface area contributed by atoms with Gasteiger partial charge in [0, 0.05) is 33.5 Å². The molecule has 0 aromatic heterocycles. The van der Waals surface area contributed by atoms with Crippen molar-refractivity contribution in [3.05, 3.63) is 12.2 Å². The lowest BCUT2D eigenvalue weighted by molar-refractivity contribution is -0.125. The predicted octanol–water partition coefficient (Wildman–Crippen LogP) is 2.61. The molecule has 0 saturated carbocycles. The highest BCUT2D eigenvalue weighted by Gasteiger charge is 2.52. The quantitative estimate of drug-likeness (QED) is 0.653. The van der Waals surface area contributed by atoms with E-state index in [2.05, 4.69) is 5.32 Å². The highest BCUT2D eigenvalue weighted by Crippen LogP contribution is 2.38. The van der Waals surface area contributed by atoms with Gasteiger partial charge in [0.05, 0.1) is 17.7 Å². The zero-order valence-electron chi connectivity index (χ0n) is 16.1. The Morgan fingerprint density at radius 3 is 2.48 bits per heavy atom. The molecule has 1 saturated heterocycles. The van der Waals surface area contributed by atoms with Crippen LogP contribution in [-0.2, 0) is 14.3 Å². The van der Waals surface area contributed by atoms with Crippen LogP contribution in [-0.4, -0.2) is 60.1 Å². The van der Waals surface area contributed by atoms with Crippen molar-refractivity contribution in [3.63, 3.8) is 0 Å². The second kappa shape index (κ2) is 9.20. The minimum Gasteiger partial charge on any atom is -0.465 e. The van der Waals surface area contributed by atoms with Gasteiger partial charge in [-0.2, -0.15) is 0 Å². The molecule has 0 aliphatic carbocycles. The highest BCUT2D eigenvalue weighted by atomic mass is 16.5. The minimum absolute atomic E-state index is 0.0748. The molecule has 7 heteroatoms. The molecular weight excluding hydrogens is 324 g/mol. The summed E-state index contributed by atoms with van der Waals surface area (Å²) in [6.07, 6.45) is 4.36. The summed E-state index contributed by atoms with van der Waals surface area (Å²) in [6.45, 7) is 7.29. The molecule has 1 fully saturated rings. The van der Waals surface area contributed by atoms with Crippen molar-refractivity contribution in [1.29, 1.82) is 0 Å². The monoisotopic (exact) mass is 356 g/mol.